The topological polar surface area (TPSA) is 89.9 Å². The van der Waals surface area contributed by atoms with Crippen LogP contribution in [0.25, 0.3) is 10.4 Å². The quantitative estimate of drug-likeness (QED) is 0.367. The van der Waals surface area contributed by atoms with Crippen LogP contribution < -0.4 is 10.6 Å². The van der Waals surface area contributed by atoms with Crippen molar-refractivity contribution < 1.29 is 4.79 Å². The molecule has 18 heavy (non-hydrogen) atoms. The summed E-state index contributed by atoms with van der Waals surface area (Å²) in [5.74, 6) is 0. The van der Waals surface area contributed by atoms with E-state index in [9.17, 15) is 4.79 Å². The molecule has 0 aliphatic rings. The van der Waals surface area contributed by atoms with Gasteiger partial charge in [0, 0.05) is 23.7 Å². The van der Waals surface area contributed by atoms with E-state index in [2.05, 4.69) is 20.7 Å². The lowest BCUT2D eigenvalue weighted by atomic mass is 10.3. The van der Waals surface area contributed by atoms with E-state index < -0.39 is 0 Å². The van der Waals surface area contributed by atoms with Gasteiger partial charge in [-0.25, -0.2) is 4.79 Å². The molecular weight excluding hydrogens is 277 g/mol. The summed E-state index contributed by atoms with van der Waals surface area (Å²) < 4.78 is 0. The maximum Gasteiger partial charge on any atom is 0.319 e. The minimum Gasteiger partial charge on any atom is -0.338 e. The van der Waals surface area contributed by atoms with Crippen LogP contribution in [0.15, 0.2) is 23.3 Å². The Morgan fingerprint density at radius 3 is 2.83 bits per heavy atom. The average Bonchev–Trinajstić information content (AvgIpc) is 2.34. The fourth-order valence-corrected chi connectivity index (χ4v) is 1.44. The molecule has 0 radical (unpaired) electrons. The Kier molecular flexibility index (Phi) is 6.14. The maximum absolute atomic E-state index is 11.4. The Balaban J connectivity index is 2.35. The van der Waals surface area contributed by atoms with Crippen LogP contribution in [0.4, 0.5) is 10.5 Å². The molecule has 0 saturated carbocycles. The van der Waals surface area contributed by atoms with Crippen LogP contribution in [0.5, 0.6) is 0 Å². The smallest absolute Gasteiger partial charge is 0.319 e. The summed E-state index contributed by atoms with van der Waals surface area (Å²) in [6, 6.07) is 4.45. The van der Waals surface area contributed by atoms with Crippen LogP contribution in [-0.4, -0.2) is 19.1 Å². The largest absolute Gasteiger partial charge is 0.338 e. The summed E-state index contributed by atoms with van der Waals surface area (Å²) in [5.41, 5.74) is 8.61. The molecular formula is C10H11Cl2N5O. The summed E-state index contributed by atoms with van der Waals surface area (Å²) in [7, 11) is 0. The van der Waals surface area contributed by atoms with Crippen molar-refractivity contribution in [1.82, 2.24) is 5.32 Å². The monoisotopic (exact) mass is 287 g/mol. The van der Waals surface area contributed by atoms with E-state index in [1.54, 1.807) is 18.2 Å². The lowest BCUT2D eigenvalue weighted by Gasteiger charge is -2.07. The van der Waals surface area contributed by atoms with Gasteiger partial charge in [0.2, 0.25) is 0 Å². The third kappa shape index (κ3) is 5.14. The highest BCUT2D eigenvalue weighted by Gasteiger charge is 2.03. The number of halogens is 2. The lowest BCUT2D eigenvalue weighted by molar-refractivity contribution is 0.252. The van der Waals surface area contributed by atoms with Crippen molar-refractivity contribution in [1.29, 1.82) is 0 Å². The molecule has 0 bridgehead atoms. The van der Waals surface area contributed by atoms with E-state index in [4.69, 9.17) is 28.7 Å². The van der Waals surface area contributed by atoms with Crippen molar-refractivity contribution in [3.05, 3.63) is 38.7 Å². The molecule has 0 aromatic heterocycles. The van der Waals surface area contributed by atoms with Gasteiger partial charge in [-0.1, -0.05) is 28.3 Å². The van der Waals surface area contributed by atoms with Gasteiger partial charge in [-0.3, -0.25) is 0 Å². The van der Waals surface area contributed by atoms with Crippen molar-refractivity contribution in [2.75, 3.05) is 18.4 Å². The van der Waals surface area contributed by atoms with Crippen molar-refractivity contribution in [2.45, 2.75) is 6.42 Å². The Morgan fingerprint density at radius 1 is 1.39 bits per heavy atom. The van der Waals surface area contributed by atoms with Gasteiger partial charge in [0.05, 0.1) is 10.0 Å². The highest BCUT2D eigenvalue weighted by molar-refractivity contribution is 6.42. The van der Waals surface area contributed by atoms with Gasteiger partial charge in [0.25, 0.3) is 0 Å². The number of carbonyl (C=O) groups is 1. The first-order chi connectivity index (χ1) is 8.63. The predicted octanol–water partition coefficient (Wildman–Crippen LogP) is 3.82. The van der Waals surface area contributed by atoms with Gasteiger partial charge < -0.3 is 10.6 Å². The Morgan fingerprint density at radius 2 is 2.17 bits per heavy atom. The third-order valence-corrected chi connectivity index (χ3v) is 2.70. The van der Waals surface area contributed by atoms with Crippen LogP contribution in [0.2, 0.25) is 10.0 Å². The second kappa shape index (κ2) is 7.66. The van der Waals surface area contributed by atoms with Gasteiger partial charge in [-0.05, 0) is 30.2 Å². The molecule has 6 nitrogen and oxygen atoms in total. The minimum absolute atomic E-state index is 0.351. The number of hydrogen-bond donors (Lipinski definition) is 2. The van der Waals surface area contributed by atoms with Crippen molar-refractivity contribution in [3.8, 4) is 0 Å². The number of benzene rings is 1. The van der Waals surface area contributed by atoms with Crippen LogP contribution in [0, 0.1) is 0 Å². The molecule has 0 aliphatic carbocycles. The number of urea groups is 1. The molecule has 1 rings (SSSR count). The molecule has 2 N–H and O–H groups in total. The Bertz CT molecular complexity index is 473. The van der Waals surface area contributed by atoms with Gasteiger partial charge in [-0.15, -0.1) is 0 Å². The van der Waals surface area contributed by atoms with Crippen molar-refractivity contribution in [3.63, 3.8) is 0 Å². The summed E-state index contributed by atoms with van der Waals surface area (Å²) in [6.45, 7) is 0.774. The molecule has 0 aliphatic heterocycles. The first-order valence-corrected chi connectivity index (χ1v) is 5.90. The number of azide groups is 1. The SMILES string of the molecule is [N-]=[N+]=NCCCNC(=O)Nc1ccc(Cl)c(Cl)c1. The number of nitrogens with one attached hydrogen (secondary N) is 2. The molecule has 0 spiro atoms. The predicted molar refractivity (Wildman–Crippen MR) is 72.1 cm³/mol. The molecule has 96 valence electrons. The standard InChI is InChI=1S/C10H11Cl2N5O/c11-8-3-2-7(6-9(8)12)16-10(18)14-4-1-5-15-17-13/h2-3,6H,1,4-5H2,(H2,14,16,18). The molecule has 0 saturated heterocycles. The van der Waals surface area contributed by atoms with E-state index in [1.807, 2.05) is 0 Å². The summed E-state index contributed by atoms with van der Waals surface area (Å²) in [5, 5.41) is 9.37. The Hall–Kier alpha value is -1.62. The lowest BCUT2D eigenvalue weighted by Crippen LogP contribution is -2.29. The number of carbonyl (C=O) groups excluding carboxylic acids is 1. The number of nitrogens with zero attached hydrogens (tertiary/aromatic N) is 3. The van der Waals surface area contributed by atoms with Crippen LogP contribution >= 0.6 is 23.2 Å². The zero-order valence-electron chi connectivity index (χ0n) is 9.36. The fourth-order valence-electron chi connectivity index (χ4n) is 1.15. The molecule has 2 amide bonds. The molecule has 0 atom stereocenters. The number of hydrogen-bond acceptors (Lipinski definition) is 2. The van der Waals surface area contributed by atoms with Crippen LogP contribution in [-0.2, 0) is 0 Å². The highest BCUT2D eigenvalue weighted by atomic mass is 35.5. The minimum atomic E-state index is -0.352. The first kappa shape index (κ1) is 14.4. The number of anilines is 1. The van der Waals surface area contributed by atoms with Crippen molar-refractivity contribution >= 4 is 34.9 Å². The van der Waals surface area contributed by atoms with E-state index in [-0.39, 0.29) is 6.03 Å². The molecule has 1 aromatic rings. The van der Waals surface area contributed by atoms with Gasteiger partial charge >= 0.3 is 6.03 Å². The van der Waals surface area contributed by atoms with E-state index >= 15 is 0 Å². The third-order valence-electron chi connectivity index (χ3n) is 1.96. The van der Waals surface area contributed by atoms with Crippen molar-refractivity contribution in [2.24, 2.45) is 5.11 Å². The molecule has 0 heterocycles. The van der Waals surface area contributed by atoms with Gasteiger partial charge in [-0.2, -0.15) is 0 Å². The van der Waals surface area contributed by atoms with Gasteiger partial charge in [0.1, 0.15) is 0 Å². The molecule has 0 unspecified atom stereocenters. The van der Waals surface area contributed by atoms with Crippen LogP contribution in [0.3, 0.4) is 0 Å². The summed E-state index contributed by atoms with van der Waals surface area (Å²) in [4.78, 5) is 14.0. The average molecular weight is 288 g/mol. The Labute approximate surface area is 114 Å². The maximum atomic E-state index is 11.4. The zero-order valence-corrected chi connectivity index (χ0v) is 10.9. The van der Waals surface area contributed by atoms with E-state index in [1.165, 1.54) is 0 Å². The second-order valence-electron chi connectivity index (χ2n) is 3.32. The number of rotatable bonds is 5. The van der Waals surface area contributed by atoms with Gasteiger partial charge in [0.15, 0.2) is 0 Å². The second-order valence-corrected chi connectivity index (χ2v) is 4.13. The van der Waals surface area contributed by atoms with E-state index in [0.717, 1.165) is 0 Å². The molecule has 0 fully saturated rings. The fraction of sp³-hybridized carbons (Fsp3) is 0.300. The molecule has 8 heteroatoms. The zero-order chi connectivity index (χ0) is 13.4. The summed E-state index contributed by atoms with van der Waals surface area (Å²) >= 11 is 11.6. The number of amides is 2. The van der Waals surface area contributed by atoms with E-state index in [0.29, 0.717) is 35.2 Å². The normalized spacial score (nSPS) is 9.44. The van der Waals surface area contributed by atoms with Crippen LogP contribution in [0.1, 0.15) is 6.42 Å². The molecule has 1 aromatic carbocycles. The highest BCUT2D eigenvalue weighted by Crippen LogP contribution is 2.24. The first-order valence-electron chi connectivity index (χ1n) is 5.14. The summed E-state index contributed by atoms with van der Waals surface area (Å²) in [6.07, 6.45) is 0.582.